The van der Waals surface area contributed by atoms with E-state index in [-0.39, 0.29) is 0 Å². The van der Waals surface area contributed by atoms with E-state index in [2.05, 4.69) is 13.0 Å². The average molecular weight is 212 g/mol. The van der Waals surface area contributed by atoms with Gasteiger partial charge in [-0.3, -0.25) is 0 Å². The summed E-state index contributed by atoms with van der Waals surface area (Å²) in [7, 11) is 0. The van der Waals surface area contributed by atoms with Crippen LogP contribution in [0.15, 0.2) is 36.5 Å². The molecule has 0 spiro atoms. The topological polar surface area (TPSA) is 60.7 Å². The Morgan fingerprint density at radius 3 is 2.33 bits per heavy atom. The Balaban J connectivity index is 3.75. The van der Waals surface area contributed by atoms with E-state index in [9.17, 15) is 0 Å². The zero-order valence-corrected chi connectivity index (χ0v) is 9.13. The lowest BCUT2D eigenvalue weighted by molar-refractivity contribution is -0.146. The number of hydrogen-bond acceptors (Lipinski definition) is 3. The van der Waals surface area contributed by atoms with Gasteiger partial charge in [-0.05, 0) is 12.5 Å². The van der Waals surface area contributed by atoms with E-state index >= 15 is 0 Å². The molecule has 0 aromatic carbocycles. The molecule has 0 aliphatic carbocycles. The molecule has 0 saturated heterocycles. The maximum absolute atomic E-state index is 8.96. The van der Waals surface area contributed by atoms with Crippen LogP contribution in [0.5, 0.6) is 0 Å². The lowest BCUT2D eigenvalue weighted by Gasteiger charge is -2.11. The lowest BCUT2D eigenvalue weighted by Crippen LogP contribution is -2.29. The predicted octanol–water partition coefficient (Wildman–Crippen LogP) is 1.52. The van der Waals surface area contributed by atoms with Crippen molar-refractivity contribution in [1.82, 2.24) is 0 Å². The molecule has 0 fully saturated rings. The van der Waals surface area contributed by atoms with Crippen LogP contribution in [-0.4, -0.2) is 27.7 Å². The van der Waals surface area contributed by atoms with E-state index in [0.29, 0.717) is 0 Å². The molecule has 0 aromatic heterocycles. The van der Waals surface area contributed by atoms with Gasteiger partial charge in [0.2, 0.25) is 5.79 Å². The lowest BCUT2D eigenvalue weighted by atomic mass is 10.2. The number of hydrogen-bond donors (Lipinski definition) is 3. The first-order chi connectivity index (χ1) is 7.12. The van der Waals surface area contributed by atoms with Crippen LogP contribution < -0.4 is 0 Å². The number of allylic oxidation sites excluding steroid dienone is 5. The molecule has 0 atom stereocenters. The molecule has 0 heterocycles. The average Bonchev–Trinajstić information content (AvgIpc) is 2.22. The largest absolute Gasteiger partial charge is 0.390 e. The summed E-state index contributed by atoms with van der Waals surface area (Å²) in [6.45, 7) is 1.44. The van der Waals surface area contributed by atoms with Gasteiger partial charge >= 0.3 is 0 Å². The molecular formula is C12H20O3. The first-order valence-corrected chi connectivity index (χ1v) is 5.19. The summed E-state index contributed by atoms with van der Waals surface area (Å²) in [5.74, 6) is -2.11. The summed E-state index contributed by atoms with van der Waals surface area (Å²) in [4.78, 5) is 0. The Morgan fingerprint density at radius 1 is 1.07 bits per heavy atom. The van der Waals surface area contributed by atoms with Crippen molar-refractivity contribution in [2.75, 3.05) is 6.61 Å². The molecule has 0 radical (unpaired) electrons. The van der Waals surface area contributed by atoms with E-state index in [1.807, 2.05) is 6.08 Å². The van der Waals surface area contributed by atoms with Gasteiger partial charge < -0.3 is 15.3 Å². The van der Waals surface area contributed by atoms with Crippen molar-refractivity contribution in [3.63, 3.8) is 0 Å². The van der Waals surface area contributed by atoms with Gasteiger partial charge in [-0.15, -0.1) is 0 Å². The highest BCUT2D eigenvalue weighted by molar-refractivity contribution is 5.13. The quantitative estimate of drug-likeness (QED) is 0.340. The maximum atomic E-state index is 8.96. The van der Waals surface area contributed by atoms with Crippen LogP contribution >= 0.6 is 0 Å². The third-order valence-corrected chi connectivity index (χ3v) is 1.79. The molecular weight excluding hydrogens is 192 g/mol. The Bertz CT molecular complexity index is 227. The van der Waals surface area contributed by atoms with Crippen LogP contribution in [0.25, 0.3) is 0 Å². The van der Waals surface area contributed by atoms with Crippen LogP contribution in [0.3, 0.4) is 0 Å². The van der Waals surface area contributed by atoms with Gasteiger partial charge in [0.1, 0.15) is 6.61 Å². The Hall–Kier alpha value is -0.900. The van der Waals surface area contributed by atoms with E-state index in [4.69, 9.17) is 15.3 Å². The van der Waals surface area contributed by atoms with Gasteiger partial charge in [0.25, 0.3) is 0 Å². The van der Waals surface area contributed by atoms with Crippen LogP contribution in [0.4, 0.5) is 0 Å². The van der Waals surface area contributed by atoms with Gasteiger partial charge in [0.15, 0.2) is 0 Å². The molecule has 0 unspecified atom stereocenters. The second-order valence-corrected chi connectivity index (χ2v) is 3.35. The molecule has 0 aromatic rings. The Kier molecular flexibility index (Phi) is 7.91. The SMILES string of the molecule is CCCCC=CC=CC=CC(O)(O)CO. The monoisotopic (exact) mass is 212 g/mol. The maximum Gasteiger partial charge on any atom is 0.207 e. The van der Waals surface area contributed by atoms with Gasteiger partial charge in [-0.1, -0.05) is 50.1 Å². The van der Waals surface area contributed by atoms with Crippen LogP contribution in [0.2, 0.25) is 0 Å². The van der Waals surface area contributed by atoms with Gasteiger partial charge in [-0.25, -0.2) is 0 Å². The van der Waals surface area contributed by atoms with Gasteiger partial charge in [0.05, 0.1) is 0 Å². The van der Waals surface area contributed by atoms with E-state index in [1.165, 1.54) is 18.9 Å². The van der Waals surface area contributed by atoms with Gasteiger partial charge in [-0.2, -0.15) is 0 Å². The molecule has 3 N–H and O–H groups in total. The fourth-order valence-electron chi connectivity index (χ4n) is 0.887. The molecule has 0 aliphatic heterocycles. The Morgan fingerprint density at radius 2 is 1.73 bits per heavy atom. The second kappa shape index (κ2) is 8.41. The van der Waals surface area contributed by atoms with Crippen molar-refractivity contribution >= 4 is 0 Å². The number of rotatable bonds is 7. The molecule has 0 rings (SSSR count). The predicted molar refractivity (Wildman–Crippen MR) is 61.2 cm³/mol. The Labute approximate surface area is 91.1 Å². The summed E-state index contributed by atoms with van der Waals surface area (Å²) < 4.78 is 0. The van der Waals surface area contributed by atoms with Gasteiger partial charge in [0, 0.05) is 0 Å². The number of unbranched alkanes of at least 4 members (excludes halogenated alkanes) is 2. The third-order valence-electron chi connectivity index (χ3n) is 1.79. The molecule has 0 bridgehead atoms. The fourth-order valence-corrected chi connectivity index (χ4v) is 0.887. The van der Waals surface area contributed by atoms with Crippen LogP contribution in [0, 0.1) is 0 Å². The smallest absolute Gasteiger partial charge is 0.207 e. The zero-order valence-electron chi connectivity index (χ0n) is 9.13. The van der Waals surface area contributed by atoms with Crippen molar-refractivity contribution in [1.29, 1.82) is 0 Å². The van der Waals surface area contributed by atoms with Crippen LogP contribution in [0.1, 0.15) is 26.2 Å². The first-order valence-electron chi connectivity index (χ1n) is 5.19. The number of aliphatic hydroxyl groups is 3. The van der Waals surface area contributed by atoms with Crippen molar-refractivity contribution < 1.29 is 15.3 Å². The summed E-state index contributed by atoms with van der Waals surface area (Å²) >= 11 is 0. The molecule has 3 heteroatoms. The fraction of sp³-hybridized carbons (Fsp3) is 0.500. The van der Waals surface area contributed by atoms with Crippen molar-refractivity contribution in [3.8, 4) is 0 Å². The summed E-state index contributed by atoms with van der Waals surface area (Å²) in [6.07, 6.45) is 13.5. The number of aliphatic hydroxyl groups excluding tert-OH is 1. The highest BCUT2D eigenvalue weighted by Crippen LogP contribution is 1.99. The van der Waals surface area contributed by atoms with E-state index in [0.717, 1.165) is 12.5 Å². The molecule has 86 valence electrons. The van der Waals surface area contributed by atoms with E-state index in [1.54, 1.807) is 12.2 Å². The highest BCUT2D eigenvalue weighted by Gasteiger charge is 2.15. The normalized spacial score (nSPS) is 13.6. The summed E-state index contributed by atoms with van der Waals surface area (Å²) in [6, 6.07) is 0. The minimum atomic E-state index is -2.11. The van der Waals surface area contributed by atoms with Crippen molar-refractivity contribution in [2.45, 2.75) is 32.0 Å². The minimum Gasteiger partial charge on any atom is -0.390 e. The van der Waals surface area contributed by atoms with Crippen molar-refractivity contribution in [2.24, 2.45) is 0 Å². The highest BCUT2D eigenvalue weighted by atomic mass is 16.5. The first kappa shape index (κ1) is 14.1. The molecule has 15 heavy (non-hydrogen) atoms. The standard InChI is InChI=1S/C12H20O3/c1-2-3-4-5-6-7-8-9-10-12(14,15)11-13/h5-10,13-15H,2-4,11H2,1H3. The third kappa shape index (κ3) is 9.41. The molecule has 0 aliphatic rings. The molecule has 0 amide bonds. The summed E-state index contributed by atoms with van der Waals surface area (Å²) in [5, 5.41) is 26.4. The zero-order chi connectivity index (χ0) is 11.6. The van der Waals surface area contributed by atoms with Crippen LogP contribution in [-0.2, 0) is 0 Å². The van der Waals surface area contributed by atoms with Crippen molar-refractivity contribution in [3.05, 3.63) is 36.5 Å². The minimum absolute atomic E-state index is 0.705. The second-order valence-electron chi connectivity index (χ2n) is 3.35. The van der Waals surface area contributed by atoms with E-state index < -0.39 is 12.4 Å². The molecule has 3 nitrogen and oxygen atoms in total. The molecule has 0 saturated carbocycles. The summed E-state index contributed by atoms with van der Waals surface area (Å²) in [5.41, 5.74) is 0.